The molecule has 0 spiro atoms. The number of hydrogen-bond acceptors (Lipinski definition) is 3. The molecule has 1 aliphatic heterocycles. The summed E-state index contributed by atoms with van der Waals surface area (Å²) in [4.78, 5) is 13.4. The third kappa shape index (κ3) is 2.24. The minimum atomic E-state index is -0.378. The molecule has 1 aromatic heterocycles. The molecule has 0 bridgehead atoms. The van der Waals surface area contributed by atoms with Crippen LogP contribution in [0.15, 0.2) is 41.8 Å². The van der Waals surface area contributed by atoms with Gasteiger partial charge in [0.1, 0.15) is 6.10 Å². The largest absolute Gasteiger partial charge is 0.365 e. The van der Waals surface area contributed by atoms with Gasteiger partial charge in [-0.05, 0) is 29.0 Å². The van der Waals surface area contributed by atoms with E-state index in [0.717, 1.165) is 16.9 Å². The second kappa shape index (κ2) is 5.04. The molecule has 2 heterocycles. The van der Waals surface area contributed by atoms with E-state index in [0.29, 0.717) is 13.0 Å². The zero-order valence-electron chi connectivity index (χ0n) is 9.96. The van der Waals surface area contributed by atoms with Crippen molar-refractivity contribution in [1.82, 2.24) is 0 Å². The zero-order valence-corrected chi connectivity index (χ0v) is 10.8. The first-order valence-corrected chi connectivity index (χ1v) is 6.97. The SMILES string of the molecule is O=C(Cc1cccs1)C1OCCc2ccccc21. The maximum Gasteiger partial charge on any atom is 0.171 e. The predicted molar refractivity (Wildman–Crippen MR) is 71.9 cm³/mol. The number of fused-ring (bicyclic) bond motifs is 1. The maximum atomic E-state index is 12.3. The molecule has 1 aromatic carbocycles. The second-order valence-electron chi connectivity index (χ2n) is 4.42. The Labute approximate surface area is 110 Å². The van der Waals surface area contributed by atoms with Crippen molar-refractivity contribution < 1.29 is 9.53 Å². The molecule has 0 aliphatic carbocycles. The number of Topliss-reactive ketones (excluding diaryl/α,β-unsaturated/α-hetero) is 1. The Bertz CT molecular complexity index is 545. The average molecular weight is 258 g/mol. The fraction of sp³-hybridized carbons (Fsp3) is 0.267. The standard InChI is InChI=1S/C15H14O2S/c16-14(10-12-5-3-9-18-12)15-13-6-2-1-4-11(13)7-8-17-15/h1-6,9,15H,7-8,10H2. The number of benzene rings is 1. The van der Waals surface area contributed by atoms with Crippen molar-refractivity contribution >= 4 is 17.1 Å². The molecule has 1 unspecified atom stereocenters. The zero-order chi connectivity index (χ0) is 12.4. The van der Waals surface area contributed by atoms with Crippen LogP contribution >= 0.6 is 11.3 Å². The molecule has 0 saturated heterocycles. The molecule has 0 N–H and O–H groups in total. The Balaban J connectivity index is 1.83. The van der Waals surface area contributed by atoms with Crippen molar-refractivity contribution in [2.45, 2.75) is 18.9 Å². The van der Waals surface area contributed by atoms with Crippen molar-refractivity contribution in [2.24, 2.45) is 0 Å². The number of carbonyl (C=O) groups excluding carboxylic acids is 1. The van der Waals surface area contributed by atoms with Gasteiger partial charge in [-0.2, -0.15) is 0 Å². The van der Waals surface area contributed by atoms with E-state index < -0.39 is 0 Å². The molecule has 2 aromatic rings. The summed E-state index contributed by atoms with van der Waals surface area (Å²) in [5, 5.41) is 2.00. The van der Waals surface area contributed by atoms with Crippen LogP contribution in [0.2, 0.25) is 0 Å². The molecule has 2 nitrogen and oxygen atoms in total. The third-order valence-corrected chi connectivity index (χ3v) is 4.09. The highest BCUT2D eigenvalue weighted by molar-refractivity contribution is 7.10. The first-order chi connectivity index (χ1) is 8.84. The van der Waals surface area contributed by atoms with Gasteiger partial charge in [-0.25, -0.2) is 0 Å². The van der Waals surface area contributed by atoms with Crippen LogP contribution in [-0.2, 0) is 22.4 Å². The Morgan fingerprint density at radius 3 is 3.00 bits per heavy atom. The van der Waals surface area contributed by atoms with Crippen LogP contribution in [0.4, 0.5) is 0 Å². The minimum Gasteiger partial charge on any atom is -0.365 e. The van der Waals surface area contributed by atoms with E-state index in [4.69, 9.17) is 4.74 Å². The Morgan fingerprint density at radius 1 is 1.28 bits per heavy atom. The van der Waals surface area contributed by atoms with Crippen molar-refractivity contribution in [2.75, 3.05) is 6.61 Å². The highest BCUT2D eigenvalue weighted by atomic mass is 32.1. The number of carbonyl (C=O) groups is 1. The van der Waals surface area contributed by atoms with Gasteiger partial charge in [0.05, 0.1) is 6.61 Å². The van der Waals surface area contributed by atoms with Gasteiger partial charge in [-0.1, -0.05) is 30.3 Å². The van der Waals surface area contributed by atoms with Crippen LogP contribution in [0.25, 0.3) is 0 Å². The number of ketones is 1. The van der Waals surface area contributed by atoms with Gasteiger partial charge in [-0.3, -0.25) is 4.79 Å². The molecule has 1 aliphatic rings. The van der Waals surface area contributed by atoms with Crippen LogP contribution in [0.5, 0.6) is 0 Å². The van der Waals surface area contributed by atoms with Gasteiger partial charge in [0.25, 0.3) is 0 Å². The fourth-order valence-electron chi connectivity index (χ4n) is 2.34. The van der Waals surface area contributed by atoms with E-state index in [9.17, 15) is 4.79 Å². The van der Waals surface area contributed by atoms with Crippen LogP contribution in [0, 0.1) is 0 Å². The lowest BCUT2D eigenvalue weighted by atomic mass is 9.94. The summed E-state index contributed by atoms with van der Waals surface area (Å²) >= 11 is 1.62. The summed E-state index contributed by atoms with van der Waals surface area (Å²) in [5.74, 6) is 0.157. The third-order valence-electron chi connectivity index (χ3n) is 3.21. The van der Waals surface area contributed by atoms with Crippen molar-refractivity contribution in [3.63, 3.8) is 0 Å². The molecule has 3 heteroatoms. The lowest BCUT2D eigenvalue weighted by Gasteiger charge is -2.24. The Kier molecular flexibility index (Phi) is 3.26. The summed E-state index contributed by atoms with van der Waals surface area (Å²) in [6.45, 7) is 0.637. The van der Waals surface area contributed by atoms with Crippen LogP contribution < -0.4 is 0 Å². The predicted octanol–water partition coefficient (Wildman–Crippen LogP) is 3.17. The van der Waals surface area contributed by atoms with Gasteiger partial charge in [0.15, 0.2) is 5.78 Å². The van der Waals surface area contributed by atoms with Crippen molar-refractivity contribution in [3.05, 3.63) is 57.8 Å². The van der Waals surface area contributed by atoms with Gasteiger partial charge in [0.2, 0.25) is 0 Å². The van der Waals surface area contributed by atoms with Gasteiger partial charge in [0, 0.05) is 11.3 Å². The van der Waals surface area contributed by atoms with Crippen LogP contribution in [0.1, 0.15) is 22.1 Å². The maximum absolute atomic E-state index is 12.3. The molecule has 3 rings (SSSR count). The monoisotopic (exact) mass is 258 g/mol. The average Bonchev–Trinajstić information content (AvgIpc) is 2.91. The van der Waals surface area contributed by atoms with Gasteiger partial charge < -0.3 is 4.74 Å². The minimum absolute atomic E-state index is 0.157. The molecule has 1 atom stereocenters. The van der Waals surface area contributed by atoms with E-state index in [1.165, 1.54) is 5.56 Å². The molecule has 18 heavy (non-hydrogen) atoms. The second-order valence-corrected chi connectivity index (χ2v) is 5.45. The van der Waals surface area contributed by atoms with E-state index >= 15 is 0 Å². The molecular weight excluding hydrogens is 244 g/mol. The van der Waals surface area contributed by atoms with Crippen molar-refractivity contribution in [1.29, 1.82) is 0 Å². The van der Waals surface area contributed by atoms with Gasteiger partial charge in [-0.15, -0.1) is 11.3 Å². The summed E-state index contributed by atoms with van der Waals surface area (Å²) in [6.07, 6.45) is 0.993. The smallest absolute Gasteiger partial charge is 0.171 e. The van der Waals surface area contributed by atoms with E-state index in [-0.39, 0.29) is 11.9 Å². The lowest BCUT2D eigenvalue weighted by molar-refractivity contribution is -0.131. The van der Waals surface area contributed by atoms with E-state index in [1.54, 1.807) is 11.3 Å². The Morgan fingerprint density at radius 2 is 2.17 bits per heavy atom. The topological polar surface area (TPSA) is 26.3 Å². The molecule has 0 fully saturated rings. The molecule has 0 amide bonds. The summed E-state index contributed by atoms with van der Waals surface area (Å²) in [6, 6.07) is 12.1. The van der Waals surface area contributed by atoms with Crippen LogP contribution in [0.3, 0.4) is 0 Å². The number of rotatable bonds is 3. The normalized spacial score (nSPS) is 18.3. The molecule has 92 valence electrons. The fourth-order valence-corrected chi connectivity index (χ4v) is 3.05. The summed E-state index contributed by atoms with van der Waals surface area (Å²) in [5.41, 5.74) is 2.29. The van der Waals surface area contributed by atoms with E-state index in [2.05, 4.69) is 6.07 Å². The van der Waals surface area contributed by atoms with Crippen molar-refractivity contribution in [3.8, 4) is 0 Å². The number of hydrogen-bond donors (Lipinski definition) is 0. The summed E-state index contributed by atoms with van der Waals surface area (Å²) < 4.78 is 5.67. The van der Waals surface area contributed by atoms with E-state index in [1.807, 2.05) is 35.7 Å². The number of ether oxygens (including phenoxy) is 1. The van der Waals surface area contributed by atoms with Crippen LogP contribution in [-0.4, -0.2) is 12.4 Å². The number of thiophene rings is 1. The first kappa shape index (κ1) is 11.6. The quantitative estimate of drug-likeness (QED) is 0.845. The molecule has 0 saturated carbocycles. The Hall–Kier alpha value is -1.45. The van der Waals surface area contributed by atoms with Gasteiger partial charge >= 0.3 is 0 Å². The molecular formula is C15H14O2S. The first-order valence-electron chi connectivity index (χ1n) is 6.09. The summed E-state index contributed by atoms with van der Waals surface area (Å²) in [7, 11) is 0. The highest BCUT2D eigenvalue weighted by Gasteiger charge is 2.26. The highest BCUT2D eigenvalue weighted by Crippen LogP contribution is 2.29. The lowest BCUT2D eigenvalue weighted by Crippen LogP contribution is -2.24. The molecule has 0 radical (unpaired) electrons.